The number of rotatable bonds is 8. The molecule has 29 heavy (non-hydrogen) atoms. The predicted molar refractivity (Wildman–Crippen MR) is 104 cm³/mol. The third kappa shape index (κ3) is 6.09. The van der Waals surface area contributed by atoms with Crippen molar-refractivity contribution in [2.75, 3.05) is 6.61 Å². The summed E-state index contributed by atoms with van der Waals surface area (Å²) in [5, 5.41) is 21.1. The molecule has 0 aromatic heterocycles. The van der Waals surface area contributed by atoms with Crippen molar-refractivity contribution >= 4 is 5.97 Å². The highest BCUT2D eigenvalue weighted by molar-refractivity contribution is 5.66. The highest BCUT2D eigenvalue weighted by atomic mass is 16.7. The Kier molecular flexibility index (Phi) is 7.74. The summed E-state index contributed by atoms with van der Waals surface area (Å²) in [7, 11) is 0. The molecule has 0 unspecified atom stereocenters. The third-order valence-electron chi connectivity index (χ3n) is 4.62. The Morgan fingerprint density at radius 3 is 2.10 bits per heavy atom. The van der Waals surface area contributed by atoms with E-state index in [1.807, 2.05) is 60.7 Å². The Labute approximate surface area is 169 Å². The molecule has 0 spiro atoms. The molecule has 2 aromatic rings. The zero-order valence-corrected chi connectivity index (χ0v) is 16.2. The molecule has 2 aromatic carbocycles. The highest BCUT2D eigenvalue weighted by Gasteiger charge is 2.47. The fourth-order valence-electron chi connectivity index (χ4n) is 3.20. The molecule has 1 fully saturated rings. The van der Waals surface area contributed by atoms with Crippen molar-refractivity contribution in [1.82, 2.24) is 0 Å². The molecule has 7 heteroatoms. The van der Waals surface area contributed by atoms with Crippen LogP contribution in [-0.2, 0) is 37.0 Å². The molecular formula is C22H26O7. The second-order valence-electron chi connectivity index (χ2n) is 6.89. The lowest BCUT2D eigenvalue weighted by molar-refractivity contribution is -0.302. The van der Waals surface area contributed by atoms with Crippen LogP contribution in [0.4, 0.5) is 0 Å². The van der Waals surface area contributed by atoms with Gasteiger partial charge in [0.15, 0.2) is 12.4 Å². The molecule has 0 amide bonds. The lowest BCUT2D eigenvalue weighted by Crippen LogP contribution is -2.60. The maximum atomic E-state index is 11.5. The van der Waals surface area contributed by atoms with Crippen LogP contribution >= 0.6 is 0 Å². The summed E-state index contributed by atoms with van der Waals surface area (Å²) in [6, 6.07) is 18.9. The monoisotopic (exact) mass is 402 g/mol. The van der Waals surface area contributed by atoms with E-state index in [4.69, 9.17) is 18.9 Å². The first kappa shape index (κ1) is 21.4. The minimum Gasteiger partial charge on any atom is -0.457 e. The van der Waals surface area contributed by atoms with Crippen LogP contribution in [0.1, 0.15) is 18.1 Å². The summed E-state index contributed by atoms with van der Waals surface area (Å²) in [4.78, 5) is 11.5. The van der Waals surface area contributed by atoms with Gasteiger partial charge in [-0.25, -0.2) is 0 Å². The van der Waals surface area contributed by atoms with Crippen LogP contribution in [0.25, 0.3) is 0 Å². The number of ether oxygens (including phenoxy) is 4. The maximum absolute atomic E-state index is 11.5. The lowest BCUT2D eigenvalue weighted by Gasteiger charge is -2.41. The van der Waals surface area contributed by atoms with Crippen LogP contribution in [0.3, 0.4) is 0 Å². The number of aliphatic hydroxyl groups is 2. The summed E-state index contributed by atoms with van der Waals surface area (Å²) in [5.74, 6) is -0.566. The van der Waals surface area contributed by atoms with Gasteiger partial charge >= 0.3 is 5.97 Å². The van der Waals surface area contributed by atoms with E-state index >= 15 is 0 Å². The molecule has 0 bridgehead atoms. The van der Waals surface area contributed by atoms with Gasteiger partial charge in [-0.2, -0.15) is 0 Å². The average molecular weight is 402 g/mol. The SMILES string of the molecule is CC(=O)O[C@@H]1[C@H](O)[C@@H](OCc2ccccc2)[C@@H](O)O[C@@H]1COCc1ccccc1. The largest absolute Gasteiger partial charge is 0.457 e. The van der Waals surface area contributed by atoms with Crippen molar-refractivity contribution in [3.8, 4) is 0 Å². The van der Waals surface area contributed by atoms with Crippen LogP contribution in [0.5, 0.6) is 0 Å². The van der Waals surface area contributed by atoms with Gasteiger partial charge in [-0.05, 0) is 11.1 Å². The molecule has 3 rings (SSSR count). The Morgan fingerprint density at radius 2 is 1.52 bits per heavy atom. The van der Waals surface area contributed by atoms with Gasteiger partial charge in [-0.15, -0.1) is 0 Å². The molecule has 1 aliphatic rings. The Morgan fingerprint density at radius 1 is 0.931 bits per heavy atom. The Bertz CT molecular complexity index is 750. The van der Waals surface area contributed by atoms with E-state index in [1.54, 1.807) is 0 Å². The standard InChI is InChI=1S/C22H26O7/c1-15(23)28-20-18(14-26-12-16-8-4-2-5-9-16)29-22(25)21(19(20)24)27-13-17-10-6-3-7-11-17/h2-11,18-22,24-25H,12-14H2,1H3/t18-,19+,20+,21-,22+/m1/s1. The third-order valence-corrected chi connectivity index (χ3v) is 4.62. The van der Waals surface area contributed by atoms with Crippen molar-refractivity contribution in [2.24, 2.45) is 0 Å². The molecule has 0 saturated carbocycles. The topological polar surface area (TPSA) is 94.5 Å². The second-order valence-corrected chi connectivity index (χ2v) is 6.89. The van der Waals surface area contributed by atoms with Crippen molar-refractivity contribution in [1.29, 1.82) is 0 Å². The van der Waals surface area contributed by atoms with Gasteiger partial charge in [0, 0.05) is 6.92 Å². The average Bonchev–Trinajstić information content (AvgIpc) is 2.72. The molecule has 1 saturated heterocycles. The molecule has 0 radical (unpaired) electrons. The van der Waals surface area contributed by atoms with Crippen LogP contribution in [0.15, 0.2) is 60.7 Å². The number of hydrogen-bond donors (Lipinski definition) is 2. The van der Waals surface area contributed by atoms with Gasteiger partial charge in [-0.3, -0.25) is 4.79 Å². The van der Waals surface area contributed by atoms with Crippen molar-refractivity contribution in [2.45, 2.75) is 50.8 Å². The Balaban J connectivity index is 1.61. The van der Waals surface area contributed by atoms with Crippen molar-refractivity contribution in [3.05, 3.63) is 71.8 Å². The van der Waals surface area contributed by atoms with Gasteiger partial charge in [-0.1, -0.05) is 60.7 Å². The number of aliphatic hydroxyl groups excluding tert-OH is 2. The van der Waals surface area contributed by atoms with Gasteiger partial charge in [0.1, 0.15) is 18.3 Å². The number of carbonyl (C=O) groups excluding carboxylic acids is 1. The van der Waals surface area contributed by atoms with E-state index in [2.05, 4.69) is 0 Å². The molecule has 0 aliphatic carbocycles. The molecular weight excluding hydrogens is 376 g/mol. The van der Waals surface area contributed by atoms with Gasteiger partial charge in [0.25, 0.3) is 0 Å². The molecule has 7 nitrogen and oxygen atoms in total. The van der Waals surface area contributed by atoms with E-state index in [0.717, 1.165) is 11.1 Å². The zero-order chi connectivity index (χ0) is 20.6. The van der Waals surface area contributed by atoms with Gasteiger partial charge in [0.05, 0.1) is 19.8 Å². The number of benzene rings is 2. The maximum Gasteiger partial charge on any atom is 0.303 e. The smallest absolute Gasteiger partial charge is 0.303 e. The fraction of sp³-hybridized carbons (Fsp3) is 0.409. The summed E-state index contributed by atoms with van der Waals surface area (Å²) in [6.07, 6.45) is -5.57. The van der Waals surface area contributed by atoms with E-state index in [-0.39, 0.29) is 13.2 Å². The summed E-state index contributed by atoms with van der Waals surface area (Å²) < 4.78 is 22.2. The van der Waals surface area contributed by atoms with Crippen molar-refractivity contribution < 1.29 is 34.0 Å². The molecule has 156 valence electrons. The van der Waals surface area contributed by atoms with E-state index in [1.165, 1.54) is 6.92 Å². The lowest BCUT2D eigenvalue weighted by atomic mass is 9.98. The Hall–Kier alpha value is -2.29. The van der Waals surface area contributed by atoms with E-state index in [0.29, 0.717) is 6.61 Å². The van der Waals surface area contributed by atoms with Crippen LogP contribution in [0.2, 0.25) is 0 Å². The quantitative estimate of drug-likeness (QED) is 0.650. The zero-order valence-electron chi connectivity index (χ0n) is 16.2. The van der Waals surface area contributed by atoms with Crippen LogP contribution in [0, 0.1) is 0 Å². The highest BCUT2D eigenvalue weighted by Crippen LogP contribution is 2.26. The van der Waals surface area contributed by atoms with Gasteiger partial charge in [0.2, 0.25) is 0 Å². The van der Waals surface area contributed by atoms with E-state index < -0.39 is 36.7 Å². The van der Waals surface area contributed by atoms with Crippen LogP contribution < -0.4 is 0 Å². The summed E-state index contributed by atoms with van der Waals surface area (Å²) in [6.45, 7) is 1.78. The normalized spacial score (nSPS) is 26.8. The number of esters is 1. The fourth-order valence-corrected chi connectivity index (χ4v) is 3.20. The number of hydrogen-bond acceptors (Lipinski definition) is 7. The minimum absolute atomic E-state index is 0.0341. The summed E-state index contributed by atoms with van der Waals surface area (Å²) >= 11 is 0. The van der Waals surface area contributed by atoms with Crippen LogP contribution in [-0.4, -0.2) is 53.5 Å². The molecule has 1 heterocycles. The summed E-state index contributed by atoms with van der Waals surface area (Å²) in [5.41, 5.74) is 1.85. The number of carbonyl (C=O) groups is 1. The molecule has 1 aliphatic heterocycles. The molecule has 2 N–H and O–H groups in total. The first-order valence-electron chi connectivity index (χ1n) is 9.50. The van der Waals surface area contributed by atoms with E-state index in [9.17, 15) is 15.0 Å². The second kappa shape index (κ2) is 10.5. The predicted octanol–water partition coefficient (Wildman–Crippen LogP) is 1.80. The molecule has 5 atom stereocenters. The first-order chi connectivity index (χ1) is 14.0. The minimum atomic E-state index is -1.38. The van der Waals surface area contributed by atoms with Crippen molar-refractivity contribution in [3.63, 3.8) is 0 Å². The van der Waals surface area contributed by atoms with Gasteiger partial charge < -0.3 is 29.2 Å². The first-order valence-corrected chi connectivity index (χ1v) is 9.50.